The van der Waals surface area contributed by atoms with Crippen molar-refractivity contribution in [3.8, 4) is 11.1 Å². The number of nitro benzene ring substituents is 1. The Morgan fingerprint density at radius 1 is 1.00 bits per heavy atom. The molecule has 3 aromatic carbocycles. The summed E-state index contributed by atoms with van der Waals surface area (Å²) in [6.07, 6.45) is 0.0222. The lowest BCUT2D eigenvalue weighted by atomic mass is 10.1. The number of thioether (sulfide) groups is 1. The normalized spacial score (nSPS) is 16.6. The molecule has 1 heterocycles. The van der Waals surface area contributed by atoms with E-state index in [2.05, 4.69) is 15.6 Å². The summed E-state index contributed by atoms with van der Waals surface area (Å²) in [4.78, 5) is 39.3. The molecule has 0 aromatic heterocycles. The lowest BCUT2D eigenvalue weighted by Crippen LogP contribution is -2.28. The molecule has 0 bridgehead atoms. The maximum atomic E-state index is 12.4. The van der Waals surface area contributed by atoms with Crippen molar-refractivity contribution in [3.63, 3.8) is 0 Å². The van der Waals surface area contributed by atoms with Gasteiger partial charge in [0.25, 0.3) is 5.69 Å². The van der Waals surface area contributed by atoms with Gasteiger partial charge >= 0.3 is 0 Å². The van der Waals surface area contributed by atoms with Crippen LogP contribution in [0.1, 0.15) is 6.42 Å². The van der Waals surface area contributed by atoms with Gasteiger partial charge in [-0.25, -0.2) is 4.99 Å². The summed E-state index contributed by atoms with van der Waals surface area (Å²) in [7, 11) is 0. The number of aliphatic imine (C=N–C) groups is 1. The van der Waals surface area contributed by atoms with Crippen LogP contribution in [0.4, 0.5) is 17.1 Å². The predicted molar refractivity (Wildman–Crippen MR) is 125 cm³/mol. The zero-order chi connectivity index (χ0) is 22.5. The Kier molecular flexibility index (Phi) is 6.27. The Bertz CT molecular complexity index is 1180. The van der Waals surface area contributed by atoms with E-state index in [1.807, 2.05) is 42.5 Å². The van der Waals surface area contributed by atoms with E-state index in [0.717, 1.165) is 16.8 Å². The molecule has 9 heteroatoms. The minimum Gasteiger partial charge on any atom is -0.326 e. The molecule has 0 saturated carbocycles. The Morgan fingerprint density at radius 2 is 1.62 bits per heavy atom. The molecule has 4 rings (SSSR count). The minimum absolute atomic E-state index is 0.0222. The number of rotatable bonds is 6. The number of carbonyl (C=O) groups excluding carboxylic acids is 2. The van der Waals surface area contributed by atoms with Crippen LogP contribution in [0.3, 0.4) is 0 Å². The average Bonchev–Trinajstić information content (AvgIpc) is 3.13. The van der Waals surface area contributed by atoms with Crippen molar-refractivity contribution >= 4 is 45.8 Å². The molecule has 1 aliphatic rings. The molecule has 2 amide bonds. The highest BCUT2D eigenvalue weighted by molar-refractivity contribution is 8.15. The van der Waals surface area contributed by atoms with Crippen molar-refractivity contribution in [2.75, 3.05) is 5.32 Å². The number of hydrogen-bond acceptors (Lipinski definition) is 6. The van der Waals surface area contributed by atoms with E-state index in [4.69, 9.17) is 0 Å². The van der Waals surface area contributed by atoms with Crippen LogP contribution >= 0.6 is 11.8 Å². The molecule has 0 spiro atoms. The molecule has 1 atom stereocenters. The third-order valence-corrected chi connectivity index (χ3v) is 5.80. The van der Waals surface area contributed by atoms with Crippen LogP contribution in [-0.2, 0) is 9.59 Å². The van der Waals surface area contributed by atoms with Gasteiger partial charge < -0.3 is 10.6 Å². The van der Waals surface area contributed by atoms with Crippen LogP contribution in [0, 0.1) is 10.1 Å². The Morgan fingerprint density at radius 3 is 2.25 bits per heavy atom. The van der Waals surface area contributed by atoms with Gasteiger partial charge in [0, 0.05) is 24.2 Å². The van der Waals surface area contributed by atoms with Crippen LogP contribution in [0.5, 0.6) is 0 Å². The van der Waals surface area contributed by atoms with E-state index in [-0.39, 0.29) is 23.9 Å². The molecule has 8 nitrogen and oxygen atoms in total. The highest BCUT2D eigenvalue weighted by Crippen LogP contribution is 2.26. The summed E-state index contributed by atoms with van der Waals surface area (Å²) in [5, 5.41) is 16.2. The van der Waals surface area contributed by atoms with Gasteiger partial charge in [0.1, 0.15) is 5.25 Å². The first-order valence-electron chi connectivity index (χ1n) is 9.74. The Labute approximate surface area is 187 Å². The maximum absolute atomic E-state index is 12.4. The van der Waals surface area contributed by atoms with Gasteiger partial charge in [0.15, 0.2) is 5.17 Å². The van der Waals surface area contributed by atoms with Gasteiger partial charge in [-0.1, -0.05) is 42.1 Å². The smallest absolute Gasteiger partial charge is 0.269 e. The van der Waals surface area contributed by atoms with Crippen LogP contribution in [0.25, 0.3) is 11.1 Å². The van der Waals surface area contributed by atoms with Crippen LogP contribution in [0.2, 0.25) is 0 Å². The topological polar surface area (TPSA) is 114 Å². The van der Waals surface area contributed by atoms with E-state index in [9.17, 15) is 19.7 Å². The van der Waals surface area contributed by atoms with Crippen molar-refractivity contribution in [1.29, 1.82) is 0 Å². The standard InChI is InChI=1S/C23H18N4O4S/c28-21(14-20-22(29)26-23(32-20)25-17-4-2-1-3-5-17)24-18-10-6-15(7-11-18)16-8-12-19(13-9-16)27(30)31/h1-13,20H,14H2,(H,24,28)(H,25,26,29). The number of non-ortho nitro benzene ring substituents is 1. The zero-order valence-corrected chi connectivity index (χ0v) is 17.5. The minimum atomic E-state index is -0.545. The van der Waals surface area contributed by atoms with E-state index < -0.39 is 10.2 Å². The molecule has 3 aromatic rings. The van der Waals surface area contributed by atoms with E-state index in [1.54, 1.807) is 24.3 Å². The number of benzene rings is 3. The summed E-state index contributed by atoms with van der Waals surface area (Å²) in [5.41, 5.74) is 3.06. The first kappa shape index (κ1) is 21.3. The number of carbonyl (C=O) groups is 2. The fraction of sp³-hybridized carbons (Fsp3) is 0.0870. The summed E-state index contributed by atoms with van der Waals surface area (Å²) in [6, 6.07) is 22.7. The number of nitro groups is 1. The van der Waals surface area contributed by atoms with Crippen molar-refractivity contribution in [3.05, 3.63) is 89.0 Å². The number of amidine groups is 1. The van der Waals surface area contributed by atoms with Gasteiger partial charge in [-0.05, 0) is 47.5 Å². The van der Waals surface area contributed by atoms with Crippen LogP contribution in [-0.4, -0.2) is 27.2 Å². The fourth-order valence-corrected chi connectivity index (χ4v) is 4.10. The zero-order valence-electron chi connectivity index (χ0n) is 16.7. The molecule has 1 saturated heterocycles. The van der Waals surface area contributed by atoms with Crippen molar-refractivity contribution < 1.29 is 14.5 Å². The Hall–Kier alpha value is -3.98. The summed E-state index contributed by atoms with van der Waals surface area (Å²) < 4.78 is 0. The van der Waals surface area contributed by atoms with Gasteiger partial charge in [0.05, 0.1) is 10.6 Å². The number of nitrogens with zero attached hydrogens (tertiary/aromatic N) is 2. The van der Waals surface area contributed by atoms with Gasteiger partial charge in [-0.15, -0.1) is 0 Å². The molecule has 1 aliphatic heterocycles. The molecule has 1 unspecified atom stereocenters. The molecule has 160 valence electrons. The lowest BCUT2D eigenvalue weighted by molar-refractivity contribution is -0.384. The van der Waals surface area contributed by atoms with Gasteiger partial charge in [0.2, 0.25) is 11.8 Å². The van der Waals surface area contributed by atoms with E-state index in [1.165, 1.54) is 23.9 Å². The van der Waals surface area contributed by atoms with Crippen molar-refractivity contribution in [1.82, 2.24) is 5.32 Å². The second-order valence-electron chi connectivity index (χ2n) is 6.98. The second-order valence-corrected chi connectivity index (χ2v) is 8.17. The highest BCUT2D eigenvalue weighted by atomic mass is 32.2. The SMILES string of the molecule is O=C(CC1SC(=Nc2ccccc2)NC1=O)Nc1ccc(-c2ccc([N+](=O)[O-])cc2)cc1. The fourth-order valence-electron chi connectivity index (χ4n) is 3.11. The molecule has 0 aliphatic carbocycles. The summed E-state index contributed by atoms with van der Waals surface area (Å²) >= 11 is 1.24. The number of amides is 2. The second kappa shape index (κ2) is 9.44. The molecular weight excluding hydrogens is 428 g/mol. The third kappa shape index (κ3) is 5.19. The molecule has 0 radical (unpaired) electrons. The van der Waals surface area contributed by atoms with E-state index in [0.29, 0.717) is 10.9 Å². The number of nitrogens with one attached hydrogen (secondary N) is 2. The third-order valence-electron chi connectivity index (χ3n) is 4.71. The largest absolute Gasteiger partial charge is 0.326 e. The average molecular weight is 446 g/mol. The number of anilines is 1. The first-order chi connectivity index (χ1) is 15.5. The Balaban J connectivity index is 1.34. The molecule has 2 N–H and O–H groups in total. The summed E-state index contributed by atoms with van der Waals surface area (Å²) in [6.45, 7) is 0. The monoisotopic (exact) mass is 446 g/mol. The van der Waals surface area contributed by atoms with Crippen LogP contribution < -0.4 is 10.6 Å². The molecular formula is C23H18N4O4S. The first-order valence-corrected chi connectivity index (χ1v) is 10.6. The van der Waals surface area contributed by atoms with Gasteiger partial charge in [-0.3, -0.25) is 19.7 Å². The molecule has 1 fully saturated rings. The van der Waals surface area contributed by atoms with E-state index >= 15 is 0 Å². The summed E-state index contributed by atoms with van der Waals surface area (Å²) in [5.74, 6) is -0.518. The highest BCUT2D eigenvalue weighted by Gasteiger charge is 2.32. The van der Waals surface area contributed by atoms with Gasteiger partial charge in [-0.2, -0.15) is 0 Å². The van der Waals surface area contributed by atoms with Crippen LogP contribution in [0.15, 0.2) is 83.9 Å². The van der Waals surface area contributed by atoms with Crippen molar-refractivity contribution in [2.24, 2.45) is 4.99 Å². The number of hydrogen-bond donors (Lipinski definition) is 2. The lowest BCUT2D eigenvalue weighted by Gasteiger charge is -2.08. The maximum Gasteiger partial charge on any atom is 0.269 e. The quantitative estimate of drug-likeness (QED) is 0.427. The molecule has 32 heavy (non-hydrogen) atoms. The number of para-hydroxylation sites is 1. The predicted octanol–water partition coefficient (Wildman–Crippen LogP) is 4.51. The van der Waals surface area contributed by atoms with Crippen molar-refractivity contribution in [2.45, 2.75) is 11.7 Å².